The average molecular weight is 380 g/mol. The Bertz CT molecular complexity index is 752. The summed E-state index contributed by atoms with van der Waals surface area (Å²) in [6.45, 7) is 1.87. The van der Waals surface area contributed by atoms with Gasteiger partial charge < -0.3 is 20.3 Å². The number of hydrogen-bond donors (Lipinski definition) is 2. The van der Waals surface area contributed by atoms with Gasteiger partial charge in [0.15, 0.2) is 0 Å². The van der Waals surface area contributed by atoms with Crippen LogP contribution in [0, 0.1) is 0 Å². The van der Waals surface area contributed by atoms with E-state index in [1.54, 1.807) is 25.3 Å². The van der Waals surface area contributed by atoms with Crippen LogP contribution in [0.4, 0.5) is 21.9 Å². The largest absolute Gasteiger partial charge is 0.380 e. The fraction of sp³-hybridized carbons (Fsp3) is 0.278. The maximum absolute atomic E-state index is 12.1. The van der Waals surface area contributed by atoms with E-state index in [-0.39, 0.29) is 12.1 Å². The minimum Gasteiger partial charge on any atom is -0.380 e. The number of nitrogens with zero attached hydrogens (tertiary/aromatic N) is 1. The Hall–Kier alpha value is -1.95. The number of ether oxygens (including phenoxy) is 1. The molecular weight excluding hydrogens is 361 g/mol. The van der Waals surface area contributed by atoms with Gasteiger partial charge in [-0.15, -0.1) is 0 Å². The van der Waals surface area contributed by atoms with Crippen LogP contribution >= 0.6 is 23.2 Å². The number of hydrogen-bond acceptors (Lipinski definition) is 3. The molecule has 2 amide bonds. The maximum atomic E-state index is 12.1. The highest BCUT2D eigenvalue weighted by atomic mass is 35.5. The van der Waals surface area contributed by atoms with E-state index in [0.717, 1.165) is 25.2 Å². The van der Waals surface area contributed by atoms with Gasteiger partial charge >= 0.3 is 6.03 Å². The number of anilines is 3. The van der Waals surface area contributed by atoms with Gasteiger partial charge in [-0.05, 0) is 48.9 Å². The first-order chi connectivity index (χ1) is 12.0. The molecule has 5 nitrogen and oxygen atoms in total. The molecule has 0 radical (unpaired) electrons. The topological polar surface area (TPSA) is 53.6 Å². The molecule has 1 aliphatic heterocycles. The summed E-state index contributed by atoms with van der Waals surface area (Å²) in [4.78, 5) is 14.3. The first kappa shape index (κ1) is 17.9. The van der Waals surface area contributed by atoms with Crippen molar-refractivity contribution >= 4 is 46.3 Å². The van der Waals surface area contributed by atoms with Crippen molar-refractivity contribution in [2.75, 3.05) is 35.7 Å². The number of halogens is 2. The van der Waals surface area contributed by atoms with Gasteiger partial charge in [0.1, 0.15) is 0 Å². The second kappa shape index (κ2) is 7.95. The zero-order valence-corrected chi connectivity index (χ0v) is 15.3. The summed E-state index contributed by atoms with van der Waals surface area (Å²) >= 11 is 11.8. The maximum Gasteiger partial charge on any atom is 0.323 e. The van der Waals surface area contributed by atoms with Crippen molar-refractivity contribution in [1.29, 1.82) is 0 Å². The molecule has 1 saturated heterocycles. The molecule has 0 aromatic heterocycles. The van der Waals surface area contributed by atoms with Crippen molar-refractivity contribution in [2.45, 2.75) is 12.5 Å². The lowest BCUT2D eigenvalue weighted by atomic mass is 10.2. The van der Waals surface area contributed by atoms with Crippen LogP contribution in [-0.2, 0) is 4.74 Å². The predicted octanol–water partition coefficient (Wildman–Crippen LogP) is 4.86. The highest BCUT2D eigenvalue weighted by Crippen LogP contribution is 2.26. The van der Waals surface area contributed by atoms with Crippen LogP contribution in [0.2, 0.25) is 10.0 Å². The Labute approximate surface area is 156 Å². The third-order valence-corrected chi connectivity index (χ3v) is 4.89. The number of methoxy groups -OCH3 is 1. The molecule has 2 aromatic rings. The Balaban J connectivity index is 1.57. The van der Waals surface area contributed by atoms with E-state index in [1.807, 2.05) is 24.3 Å². The molecular formula is C18H19Cl2N3O2. The second-order valence-corrected chi connectivity index (χ2v) is 6.66. The third kappa shape index (κ3) is 4.57. The van der Waals surface area contributed by atoms with E-state index in [9.17, 15) is 4.79 Å². The summed E-state index contributed by atoms with van der Waals surface area (Å²) in [6.07, 6.45) is 1.32. The molecule has 2 aromatic carbocycles. The standard InChI is InChI=1S/C18H19Cl2N3O2/c1-25-15-8-9-23(11-15)14-5-2-12(3-6-14)21-18(24)22-13-4-7-16(19)17(20)10-13/h2-7,10,15H,8-9,11H2,1H3,(H2,21,22,24). The zero-order valence-electron chi connectivity index (χ0n) is 13.8. The van der Waals surface area contributed by atoms with Crippen LogP contribution in [0.5, 0.6) is 0 Å². The van der Waals surface area contributed by atoms with E-state index in [1.165, 1.54) is 0 Å². The predicted molar refractivity (Wildman–Crippen MR) is 103 cm³/mol. The van der Waals surface area contributed by atoms with Crippen LogP contribution in [0.3, 0.4) is 0 Å². The summed E-state index contributed by atoms with van der Waals surface area (Å²) in [5.41, 5.74) is 2.41. The summed E-state index contributed by atoms with van der Waals surface area (Å²) < 4.78 is 5.39. The van der Waals surface area contributed by atoms with Gasteiger partial charge in [0.05, 0.1) is 16.1 Å². The molecule has 3 rings (SSSR count). The third-order valence-electron chi connectivity index (χ3n) is 4.15. The van der Waals surface area contributed by atoms with Gasteiger partial charge in [-0.2, -0.15) is 0 Å². The molecule has 1 aliphatic rings. The highest BCUT2D eigenvalue weighted by molar-refractivity contribution is 6.42. The zero-order chi connectivity index (χ0) is 17.8. The lowest BCUT2D eigenvalue weighted by Crippen LogP contribution is -2.22. The number of amides is 2. The first-order valence-electron chi connectivity index (χ1n) is 7.96. The van der Waals surface area contributed by atoms with E-state index in [0.29, 0.717) is 21.4 Å². The summed E-state index contributed by atoms with van der Waals surface area (Å²) in [6, 6.07) is 12.3. The average Bonchev–Trinajstić information content (AvgIpc) is 3.08. The lowest BCUT2D eigenvalue weighted by molar-refractivity contribution is 0.121. The second-order valence-electron chi connectivity index (χ2n) is 5.85. The molecule has 1 fully saturated rings. The van der Waals surface area contributed by atoms with Crippen molar-refractivity contribution in [1.82, 2.24) is 0 Å². The van der Waals surface area contributed by atoms with Crippen molar-refractivity contribution in [3.05, 3.63) is 52.5 Å². The van der Waals surface area contributed by atoms with E-state index < -0.39 is 0 Å². The summed E-state index contributed by atoms with van der Waals surface area (Å²) in [5, 5.41) is 6.35. The Morgan fingerprint density at radius 1 is 1.08 bits per heavy atom. The van der Waals surface area contributed by atoms with E-state index in [4.69, 9.17) is 27.9 Å². The first-order valence-corrected chi connectivity index (χ1v) is 8.71. The molecule has 132 valence electrons. The molecule has 7 heteroatoms. The number of carbonyl (C=O) groups excluding carboxylic acids is 1. The van der Waals surface area contributed by atoms with Crippen molar-refractivity contribution in [3.8, 4) is 0 Å². The quantitative estimate of drug-likeness (QED) is 0.796. The smallest absolute Gasteiger partial charge is 0.323 e. The van der Waals surface area contributed by atoms with Gasteiger partial charge in [-0.1, -0.05) is 23.2 Å². The van der Waals surface area contributed by atoms with E-state index in [2.05, 4.69) is 15.5 Å². The summed E-state index contributed by atoms with van der Waals surface area (Å²) in [5.74, 6) is 0. The van der Waals surface area contributed by atoms with Crippen LogP contribution in [0.15, 0.2) is 42.5 Å². The minimum atomic E-state index is -0.341. The molecule has 2 N–H and O–H groups in total. The number of rotatable bonds is 4. The van der Waals surface area contributed by atoms with Gasteiger partial charge in [0, 0.05) is 37.3 Å². The van der Waals surface area contributed by atoms with Crippen LogP contribution in [0.25, 0.3) is 0 Å². The van der Waals surface area contributed by atoms with Crippen molar-refractivity contribution < 1.29 is 9.53 Å². The number of benzene rings is 2. The minimum absolute atomic E-state index is 0.287. The number of carbonyl (C=O) groups is 1. The summed E-state index contributed by atoms with van der Waals surface area (Å²) in [7, 11) is 1.74. The molecule has 1 unspecified atom stereocenters. The molecule has 0 aliphatic carbocycles. The van der Waals surface area contributed by atoms with Crippen molar-refractivity contribution in [2.24, 2.45) is 0 Å². The monoisotopic (exact) mass is 379 g/mol. The molecule has 25 heavy (non-hydrogen) atoms. The highest BCUT2D eigenvalue weighted by Gasteiger charge is 2.22. The number of urea groups is 1. The Morgan fingerprint density at radius 3 is 2.40 bits per heavy atom. The van der Waals surface area contributed by atoms with Crippen LogP contribution in [0.1, 0.15) is 6.42 Å². The van der Waals surface area contributed by atoms with Crippen molar-refractivity contribution in [3.63, 3.8) is 0 Å². The van der Waals surface area contributed by atoms with Crippen LogP contribution in [-0.4, -0.2) is 32.3 Å². The molecule has 0 bridgehead atoms. The van der Waals surface area contributed by atoms with Gasteiger partial charge in [0.25, 0.3) is 0 Å². The molecule has 0 saturated carbocycles. The van der Waals surface area contributed by atoms with E-state index >= 15 is 0 Å². The Morgan fingerprint density at radius 2 is 1.76 bits per heavy atom. The Kier molecular flexibility index (Phi) is 5.68. The van der Waals surface area contributed by atoms with Crippen LogP contribution < -0.4 is 15.5 Å². The fourth-order valence-corrected chi connectivity index (χ4v) is 3.08. The van der Waals surface area contributed by atoms with Gasteiger partial charge in [-0.25, -0.2) is 4.79 Å². The normalized spacial score (nSPS) is 16.8. The lowest BCUT2D eigenvalue weighted by Gasteiger charge is -2.18. The molecule has 0 spiro atoms. The fourth-order valence-electron chi connectivity index (χ4n) is 2.78. The molecule has 1 atom stereocenters. The molecule has 1 heterocycles. The SMILES string of the molecule is COC1CCN(c2ccc(NC(=O)Nc3ccc(Cl)c(Cl)c3)cc2)C1. The number of nitrogens with one attached hydrogen (secondary N) is 2. The van der Waals surface area contributed by atoms with Gasteiger partial charge in [0.2, 0.25) is 0 Å². The van der Waals surface area contributed by atoms with Gasteiger partial charge in [-0.3, -0.25) is 0 Å².